The molecule has 6 aromatic rings. The minimum atomic E-state index is -1.83. The molecule has 6 heteroatoms. The number of nitrogens with zero attached hydrogens (tertiary/aromatic N) is 1. The molecule has 0 amide bonds. The quantitative estimate of drug-likeness (QED) is 0.182. The monoisotopic (exact) mass is 611 g/mol. The Morgan fingerprint density at radius 2 is 0.867 bits per heavy atom. The van der Waals surface area contributed by atoms with Crippen LogP contribution in [0, 0.1) is 0 Å². The van der Waals surface area contributed by atoms with Gasteiger partial charge in [-0.3, -0.25) is 13.4 Å². The van der Waals surface area contributed by atoms with Gasteiger partial charge in [-0.1, -0.05) is 140 Å². The maximum Gasteiger partial charge on any atom is 0.297 e. The van der Waals surface area contributed by atoms with Gasteiger partial charge >= 0.3 is 0 Å². The van der Waals surface area contributed by atoms with Crippen molar-refractivity contribution in [2.24, 2.45) is 0 Å². The number of hydrogen-bond donors (Lipinski definition) is 0. The molecule has 2 atom stereocenters. The molecule has 8 rings (SSSR count). The van der Waals surface area contributed by atoms with Crippen molar-refractivity contribution in [3.63, 3.8) is 0 Å². The van der Waals surface area contributed by atoms with E-state index in [9.17, 15) is 0 Å². The van der Waals surface area contributed by atoms with Crippen LogP contribution >= 0.6 is 8.53 Å². The number of benzene rings is 5. The fraction of sp³-hybridized carbons (Fsp3) is 0.179. The van der Waals surface area contributed by atoms with Gasteiger partial charge in [0.15, 0.2) is 17.0 Å². The number of fused-ring (bicyclic) bond motifs is 2. The van der Waals surface area contributed by atoms with Crippen molar-refractivity contribution < 1.29 is 18.5 Å². The summed E-state index contributed by atoms with van der Waals surface area (Å²) in [7, 11) is -1.83. The second-order valence-corrected chi connectivity index (χ2v) is 13.3. The first-order valence-electron chi connectivity index (χ1n) is 15.3. The van der Waals surface area contributed by atoms with Crippen molar-refractivity contribution in [2.75, 3.05) is 0 Å². The Balaban J connectivity index is 1.49. The second-order valence-electron chi connectivity index (χ2n) is 12.1. The lowest BCUT2D eigenvalue weighted by atomic mass is 9.72. The molecule has 0 radical (unpaired) electrons. The number of rotatable bonds is 5. The smallest absolute Gasteiger partial charge is 0.297 e. The summed E-state index contributed by atoms with van der Waals surface area (Å²) >= 11 is 0. The zero-order chi connectivity index (χ0) is 30.5. The molecule has 2 aliphatic rings. The summed E-state index contributed by atoms with van der Waals surface area (Å²) in [6.07, 6.45) is 0.865. The van der Waals surface area contributed by atoms with Crippen LogP contribution in [-0.2, 0) is 29.7 Å². The number of hydrogen-bond acceptors (Lipinski definition) is 4. The summed E-state index contributed by atoms with van der Waals surface area (Å²) < 4.78 is 31.6. The van der Waals surface area contributed by atoms with Crippen LogP contribution in [0.2, 0.25) is 0 Å². The Morgan fingerprint density at radius 1 is 0.489 bits per heavy atom. The third kappa shape index (κ3) is 4.58. The van der Waals surface area contributed by atoms with Gasteiger partial charge in [-0.25, -0.2) is 0 Å². The van der Waals surface area contributed by atoms with Crippen molar-refractivity contribution in [1.82, 2.24) is 4.34 Å². The van der Waals surface area contributed by atoms with Gasteiger partial charge < -0.3 is 9.47 Å². The van der Waals surface area contributed by atoms with Gasteiger partial charge in [-0.05, 0) is 48.2 Å². The minimum absolute atomic E-state index is 0.605. The lowest BCUT2D eigenvalue weighted by Crippen LogP contribution is -2.53. The molecule has 0 bridgehead atoms. The molecule has 45 heavy (non-hydrogen) atoms. The fourth-order valence-electron chi connectivity index (χ4n) is 6.97. The van der Waals surface area contributed by atoms with Gasteiger partial charge in [0.2, 0.25) is 0 Å². The van der Waals surface area contributed by atoms with Gasteiger partial charge in [-0.15, -0.1) is 0 Å². The summed E-state index contributed by atoms with van der Waals surface area (Å²) in [4.78, 5) is 0. The third-order valence-electron chi connectivity index (χ3n) is 8.91. The van der Waals surface area contributed by atoms with Crippen molar-refractivity contribution in [2.45, 2.75) is 43.0 Å². The summed E-state index contributed by atoms with van der Waals surface area (Å²) in [6, 6.07) is 52.0. The van der Waals surface area contributed by atoms with Crippen molar-refractivity contribution in [3.8, 4) is 0 Å². The topological polar surface area (TPSA) is 41.9 Å². The van der Waals surface area contributed by atoms with Crippen molar-refractivity contribution in [1.29, 1.82) is 0 Å². The first-order valence-corrected chi connectivity index (χ1v) is 16.5. The van der Waals surface area contributed by atoms with Gasteiger partial charge in [-0.2, -0.15) is 0 Å². The van der Waals surface area contributed by atoms with Crippen LogP contribution in [0.15, 0.2) is 158 Å². The van der Waals surface area contributed by atoms with E-state index in [0.717, 1.165) is 33.2 Å². The molecule has 5 nitrogen and oxygen atoms in total. The van der Waals surface area contributed by atoms with Crippen LogP contribution < -0.4 is 0 Å². The Kier molecular flexibility index (Phi) is 6.98. The maximum absolute atomic E-state index is 7.63. The first-order chi connectivity index (χ1) is 22.0. The van der Waals surface area contributed by atoms with Gasteiger partial charge in [0.25, 0.3) is 8.53 Å². The van der Waals surface area contributed by atoms with E-state index in [0.29, 0.717) is 0 Å². The molecule has 3 heterocycles. The largest absolute Gasteiger partial charge is 0.341 e. The lowest BCUT2D eigenvalue weighted by Gasteiger charge is -2.41. The Labute approximate surface area is 264 Å². The van der Waals surface area contributed by atoms with Crippen LogP contribution in [0.25, 0.3) is 10.9 Å². The lowest BCUT2D eigenvalue weighted by molar-refractivity contribution is -0.174. The molecule has 2 aliphatic heterocycles. The summed E-state index contributed by atoms with van der Waals surface area (Å²) in [5.41, 5.74) is 2.72. The highest BCUT2D eigenvalue weighted by Crippen LogP contribution is 2.65. The summed E-state index contributed by atoms with van der Waals surface area (Å²) in [6.45, 7) is 3.96. The van der Waals surface area contributed by atoms with Crippen LogP contribution in [0.3, 0.4) is 0 Å². The second kappa shape index (κ2) is 11.1. The molecule has 2 fully saturated rings. The van der Waals surface area contributed by atoms with Crippen LogP contribution in [0.5, 0.6) is 0 Å². The number of aromatic nitrogens is 1. The molecule has 5 aromatic carbocycles. The molecule has 0 N–H and O–H groups in total. The highest BCUT2D eigenvalue weighted by Gasteiger charge is 2.67. The van der Waals surface area contributed by atoms with Crippen LogP contribution in [-0.4, -0.2) is 22.3 Å². The van der Waals surface area contributed by atoms with E-state index >= 15 is 0 Å². The van der Waals surface area contributed by atoms with Gasteiger partial charge in [0.05, 0.1) is 5.52 Å². The SMILES string of the molecule is CC1(C)O[C@@H]2[C@@H](O1)C(c1ccccc1)(c1ccccc1)OP(n1ccc3ccccc31)OC2(c1ccccc1)c1ccccc1. The first kappa shape index (κ1) is 28.4. The molecular weight excluding hydrogens is 577 g/mol. The van der Waals surface area contributed by atoms with E-state index < -0.39 is 37.7 Å². The molecule has 0 saturated carbocycles. The maximum atomic E-state index is 7.63. The van der Waals surface area contributed by atoms with E-state index in [1.807, 2.05) is 38.1 Å². The summed E-state index contributed by atoms with van der Waals surface area (Å²) in [5.74, 6) is -0.925. The van der Waals surface area contributed by atoms with Crippen LogP contribution in [0.4, 0.5) is 0 Å². The average molecular weight is 612 g/mol. The average Bonchev–Trinajstić information content (AvgIpc) is 3.64. The standard InChI is InChI=1S/C39H34NO4P/c1-37(2)41-35-36(42-37)39(32-22-11-5-12-23-32,33-24-13-6-14-25-33)44-45(40-28-27-29-17-15-16-26-34(29)40)43-38(35,30-18-7-3-8-19-30)31-20-9-4-10-21-31/h3-28,35-36H,1-2H3/t35-,36-/m1/s1. The zero-order valence-electron chi connectivity index (χ0n) is 25.2. The normalized spacial score (nSPS) is 22.1. The summed E-state index contributed by atoms with van der Waals surface area (Å²) in [5, 5.41) is 1.11. The van der Waals surface area contributed by atoms with Gasteiger partial charge in [0.1, 0.15) is 12.2 Å². The van der Waals surface area contributed by atoms with Crippen LogP contribution in [0.1, 0.15) is 36.1 Å². The Morgan fingerprint density at radius 3 is 1.29 bits per heavy atom. The minimum Gasteiger partial charge on any atom is -0.341 e. The van der Waals surface area contributed by atoms with E-state index in [4.69, 9.17) is 18.5 Å². The fourth-order valence-corrected chi connectivity index (χ4v) is 8.84. The highest BCUT2D eigenvalue weighted by molar-refractivity contribution is 7.45. The van der Waals surface area contributed by atoms with Crippen molar-refractivity contribution in [3.05, 3.63) is 180 Å². The van der Waals surface area contributed by atoms with Gasteiger partial charge in [0, 0.05) is 11.6 Å². The molecular formula is C39H34NO4P. The van der Waals surface area contributed by atoms with E-state index in [1.165, 1.54) is 0 Å². The van der Waals surface area contributed by atoms with E-state index in [-0.39, 0.29) is 0 Å². The van der Waals surface area contributed by atoms with E-state index in [2.05, 4.69) is 138 Å². The Hall–Kier alpha value is -4.09. The predicted octanol–water partition coefficient (Wildman–Crippen LogP) is 9.17. The van der Waals surface area contributed by atoms with E-state index in [1.54, 1.807) is 0 Å². The molecule has 224 valence electrons. The number of ether oxygens (including phenoxy) is 2. The highest BCUT2D eigenvalue weighted by atomic mass is 31.2. The molecule has 0 spiro atoms. The third-order valence-corrected chi connectivity index (χ3v) is 10.5. The predicted molar refractivity (Wildman–Crippen MR) is 178 cm³/mol. The zero-order valence-corrected chi connectivity index (χ0v) is 26.1. The molecule has 1 aromatic heterocycles. The van der Waals surface area contributed by atoms with Crippen molar-refractivity contribution >= 4 is 19.4 Å². The molecule has 0 unspecified atom stereocenters. The number of para-hydroxylation sites is 1. The molecule has 0 aliphatic carbocycles. The Bertz CT molecular complexity index is 1730. The molecule has 2 saturated heterocycles.